The minimum Gasteiger partial charge on any atom is -0.459 e. The van der Waals surface area contributed by atoms with Gasteiger partial charge in [0.1, 0.15) is 5.76 Å². The first-order valence-electron chi connectivity index (χ1n) is 5.66. The van der Waals surface area contributed by atoms with E-state index in [-0.39, 0.29) is 6.04 Å². The third-order valence-electron chi connectivity index (χ3n) is 2.30. The van der Waals surface area contributed by atoms with Gasteiger partial charge in [-0.15, -0.1) is 0 Å². The average molecular weight is 268 g/mol. The Labute approximate surface area is 106 Å². The normalized spacial score (nSPS) is 12.2. The number of rotatable bonds is 4. The van der Waals surface area contributed by atoms with E-state index in [4.69, 9.17) is 4.42 Å². The number of hydrogen-bond acceptors (Lipinski definition) is 3. The van der Waals surface area contributed by atoms with Crippen LogP contribution in [0.3, 0.4) is 0 Å². The summed E-state index contributed by atoms with van der Waals surface area (Å²) in [5.74, 6) is 0.744. The van der Waals surface area contributed by atoms with E-state index >= 15 is 0 Å². The lowest BCUT2D eigenvalue weighted by Gasteiger charge is -2.11. The second-order valence-electron chi connectivity index (χ2n) is 4.46. The van der Waals surface area contributed by atoms with Gasteiger partial charge in [0, 0.05) is 11.4 Å². The van der Waals surface area contributed by atoms with Crippen LogP contribution < -0.4 is 9.44 Å². The molecule has 0 radical (unpaired) electrons. The van der Waals surface area contributed by atoms with E-state index in [1.54, 1.807) is 26.0 Å². The Hall–Kier alpha value is -1.53. The molecule has 6 heteroatoms. The van der Waals surface area contributed by atoms with E-state index in [1.807, 2.05) is 19.1 Å². The SMILES string of the molecule is Cc1cc2cccc(NS(=O)(=O)NC(C)C)c2o1. The van der Waals surface area contributed by atoms with Gasteiger partial charge < -0.3 is 4.42 Å². The summed E-state index contributed by atoms with van der Waals surface area (Å²) in [6.07, 6.45) is 0. The smallest absolute Gasteiger partial charge is 0.299 e. The van der Waals surface area contributed by atoms with Crippen LogP contribution in [0.5, 0.6) is 0 Å². The van der Waals surface area contributed by atoms with E-state index in [0.717, 1.165) is 11.1 Å². The predicted octanol–water partition coefficient (Wildman–Crippen LogP) is 2.40. The molecule has 0 spiro atoms. The molecule has 0 unspecified atom stereocenters. The van der Waals surface area contributed by atoms with Crippen molar-refractivity contribution in [2.75, 3.05) is 4.72 Å². The molecule has 0 aliphatic heterocycles. The second kappa shape index (κ2) is 4.62. The Balaban J connectivity index is 2.37. The molecule has 0 fully saturated rings. The molecule has 5 nitrogen and oxygen atoms in total. The molecule has 0 atom stereocenters. The van der Waals surface area contributed by atoms with Crippen LogP contribution in [-0.2, 0) is 10.2 Å². The van der Waals surface area contributed by atoms with E-state index < -0.39 is 10.2 Å². The van der Waals surface area contributed by atoms with Gasteiger partial charge in [-0.25, -0.2) is 0 Å². The molecule has 2 aromatic rings. The van der Waals surface area contributed by atoms with Crippen LogP contribution in [0.1, 0.15) is 19.6 Å². The lowest BCUT2D eigenvalue weighted by molar-refractivity contribution is 0.571. The maximum Gasteiger partial charge on any atom is 0.299 e. The monoisotopic (exact) mass is 268 g/mol. The fraction of sp³-hybridized carbons (Fsp3) is 0.333. The zero-order valence-electron chi connectivity index (χ0n) is 10.5. The van der Waals surface area contributed by atoms with Crippen molar-refractivity contribution in [2.24, 2.45) is 0 Å². The largest absolute Gasteiger partial charge is 0.459 e. The fourth-order valence-electron chi connectivity index (χ4n) is 1.76. The summed E-state index contributed by atoms with van der Waals surface area (Å²) in [5.41, 5.74) is 0.984. The highest BCUT2D eigenvalue weighted by Gasteiger charge is 2.14. The molecule has 0 saturated carbocycles. The molecule has 0 aliphatic rings. The fourth-order valence-corrected chi connectivity index (χ4v) is 2.89. The molecule has 1 aromatic carbocycles. The van der Waals surface area contributed by atoms with Crippen molar-refractivity contribution in [3.8, 4) is 0 Å². The summed E-state index contributed by atoms with van der Waals surface area (Å²) < 4.78 is 34.0. The first kappa shape index (κ1) is 12.9. The van der Waals surface area contributed by atoms with Crippen LogP contribution in [-0.4, -0.2) is 14.5 Å². The van der Waals surface area contributed by atoms with Crippen LogP contribution in [0.2, 0.25) is 0 Å². The van der Waals surface area contributed by atoms with Gasteiger partial charge in [0.2, 0.25) is 0 Å². The standard InChI is InChI=1S/C12H16N2O3S/c1-8(2)13-18(15,16)14-11-6-4-5-10-7-9(3)17-12(10)11/h4-8,13-14H,1-3H3. The van der Waals surface area contributed by atoms with Crippen molar-refractivity contribution in [3.05, 3.63) is 30.0 Å². The molecule has 2 N–H and O–H groups in total. The Morgan fingerprint density at radius 1 is 1.28 bits per heavy atom. The third kappa shape index (κ3) is 2.83. The van der Waals surface area contributed by atoms with Crippen LogP contribution in [0, 0.1) is 6.92 Å². The highest BCUT2D eigenvalue weighted by molar-refractivity contribution is 7.90. The minimum absolute atomic E-state index is 0.167. The Bertz CT molecular complexity index is 659. The number of nitrogens with one attached hydrogen (secondary N) is 2. The van der Waals surface area contributed by atoms with Crippen molar-refractivity contribution in [1.29, 1.82) is 0 Å². The topological polar surface area (TPSA) is 71.3 Å². The molecule has 0 bridgehead atoms. The summed E-state index contributed by atoms with van der Waals surface area (Å²) in [4.78, 5) is 0. The first-order valence-corrected chi connectivity index (χ1v) is 7.15. The number of aryl methyl sites for hydroxylation is 1. The maximum absolute atomic E-state index is 11.8. The van der Waals surface area contributed by atoms with Crippen molar-refractivity contribution < 1.29 is 12.8 Å². The van der Waals surface area contributed by atoms with Gasteiger partial charge >= 0.3 is 0 Å². The van der Waals surface area contributed by atoms with Crippen LogP contribution in [0.15, 0.2) is 28.7 Å². The number of benzene rings is 1. The highest BCUT2D eigenvalue weighted by Crippen LogP contribution is 2.26. The summed E-state index contributed by atoms with van der Waals surface area (Å²) >= 11 is 0. The van der Waals surface area contributed by atoms with Crippen LogP contribution >= 0.6 is 0 Å². The molecule has 2 rings (SSSR count). The number of anilines is 1. The summed E-state index contributed by atoms with van der Waals surface area (Å²) in [6.45, 7) is 5.35. The molecule has 1 aromatic heterocycles. The third-order valence-corrected chi connectivity index (χ3v) is 3.57. The van der Waals surface area contributed by atoms with Crippen molar-refractivity contribution in [2.45, 2.75) is 26.8 Å². The lowest BCUT2D eigenvalue weighted by Crippen LogP contribution is -2.35. The van der Waals surface area contributed by atoms with Gasteiger partial charge in [0.15, 0.2) is 5.58 Å². The quantitative estimate of drug-likeness (QED) is 0.894. The summed E-state index contributed by atoms with van der Waals surface area (Å²) in [7, 11) is -3.58. The highest BCUT2D eigenvalue weighted by atomic mass is 32.2. The minimum atomic E-state index is -3.58. The Kier molecular flexibility index (Phi) is 3.32. The van der Waals surface area contributed by atoms with E-state index in [0.29, 0.717) is 11.3 Å². The van der Waals surface area contributed by atoms with Crippen molar-refractivity contribution in [1.82, 2.24) is 4.72 Å². The summed E-state index contributed by atoms with van der Waals surface area (Å²) in [6, 6.07) is 7.03. The predicted molar refractivity (Wildman–Crippen MR) is 71.8 cm³/mol. The van der Waals surface area contributed by atoms with Gasteiger partial charge in [-0.2, -0.15) is 13.1 Å². The molecule has 0 saturated heterocycles. The van der Waals surface area contributed by atoms with Gasteiger partial charge in [0.05, 0.1) is 5.69 Å². The molecule has 0 amide bonds. The molecule has 1 heterocycles. The number of fused-ring (bicyclic) bond motifs is 1. The van der Waals surface area contributed by atoms with Crippen molar-refractivity contribution >= 4 is 26.9 Å². The van der Waals surface area contributed by atoms with Gasteiger partial charge in [-0.3, -0.25) is 4.72 Å². The zero-order chi connectivity index (χ0) is 13.3. The van der Waals surface area contributed by atoms with Gasteiger partial charge in [-0.1, -0.05) is 12.1 Å². The number of para-hydroxylation sites is 1. The second-order valence-corrected chi connectivity index (χ2v) is 5.91. The lowest BCUT2D eigenvalue weighted by atomic mass is 10.2. The Morgan fingerprint density at radius 2 is 2.00 bits per heavy atom. The maximum atomic E-state index is 11.8. The van der Waals surface area contributed by atoms with Gasteiger partial charge in [0.25, 0.3) is 10.2 Å². The average Bonchev–Trinajstić information content (AvgIpc) is 2.56. The number of furan rings is 1. The van der Waals surface area contributed by atoms with Crippen molar-refractivity contribution in [3.63, 3.8) is 0 Å². The first-order chi connectivity index (χ1) is 8.37. The Morgan fingerprint density at radius 3 is 2.67 bits per heavy atom. The molecule has 98 valence electrons. The number of hydrogen-bond donors (Lipinski definition) is 2. The van der Waals surface area contributed by atoms with Crippen LogP contribution in [0.4, 0.5) is 5.69 Å². The van der Waals surface area contributed by atoms with E-state index in [1.165, 1.54) is 0 Å². The molecule has 18 heavy (non-hydrogen) atoms. The van der Waals surface area contributed by atoms with E-state index in [2.05, 4.69) is 9.44 Å². The zero-order valence-corrected chi connectivity index (χ0v) is 11.3. The molecular weight excluding hydrogens is 252 g/mol. The summed E-state index contributed by atoms with van der Waals surface area (Å²) in [5, 5.41) is 0.872. The molecule has 0 aliphatic carbocycles. The van der Waals surface area contributed by atoms with Crippen LogP contribution in [0.25, 0.3) is 11.0 Å². The van der Waals surface area contributed by atoms with Gasteiger partial charge in [-0.05, 0) is 32.9 Å². The van der Waals surface area contributed by atoms with E-state index in [9.17, 15) is 8.42 Å². The molecular formula is C12H16N2O3S.